The summed E-state index contributed by atoms with van der Waals surface area (Å²) in [5.74, 6) is 1.97. The van der Waals surface area contributed by atoms with Gasteiger partial charge in [-0.05, 0) is 45.4 Å². The van der Waals surface area contributed by atoms with Gasteiger partial charge in [-0.1, -0.05) is 11.6 Å². The summed E-state index contributed by atoms with van der Waals surface area (Å²) in [4.78, 5) is 8.98. The topological polar surface area (TPSA) is 108 Å². The zero-order chi connectivity index (χ0) is 20.9. The summed E-state index contributed by atoms with van der Waals surface area (Å²) in [5, 5.41) is 7.74. The third-order valence-corrected chi connectivity index (χ3v) is 7.93. The molecule has 1 aliphatic carbocycles. The molecule has 1 saturated carbocycles. The van der Waals surface area contributed by atoms with Gasteiger partial charge in [-0.25, -0.2) is 4.98 Å². The van der Waals surface area contributed by atoms with Crippen LogP contribution in [-0.2, 0) is 18.4 Å². The lowest BCUT2D eigenvalue weighted by Gasteiger charge is -2.30. The fourth-order valence-corrected chi connectivity index (χ4v) is 6.09. The molecule has 0 bridgehead atoms. The minimum Gasteiger partial charge on any atom is -0.597 e. The van der Waals surface area contributed by atoms with Crippen molar-refractivity contribution in [1.29, 1.82) is 0 Å². The van der Waals surface area contributed by atoms with Crippen LogP contribution in [-0.4, -0.2) is 46.4 Å². The van der Waals surface area contributed by atoms with Gasteiger partial charge in [0.05, 0.1) is 17.6 Å². The molecule has 3 unspecified atom stereocenters. The Morgan fingerprint density at radius 3 is 2.45 bits per heavy atom. The second-order valence-corrected chi connectivity index (χ2v) is 11.7. The van der Waals surface area contributed by atoms with Gasteiger partial charge in [-0.15, -0.1) is 4.31 Å². The quantitative estimate of drug-likeness (QED) is 0.707. The van der Waals surface area contributed by atoms with Gasteiger partial charge in [0.25, 0.3) is 0 Å². The normalized spacial score (nSPS) is 25.9. The minimum atomic E-state index is -0.966. The predicted molar refractivity (Wildman–Crippen MR) is 116 cm³/mol. The summed E-state index contributed by atoms with van der Waals surface area (Å²) in [7, 11) is 1.85. The molecule has 4 rings (SSSR count). The highest BCUT2D eigenvalue weighted by molar-refractivity contribution is 7.90. The lowest BCUT2D eigenvalue weighted by atomic mass is 10.0. The summed E-state index contributed by atoms with van der Waals surface area (Å²) >= 11 is 5.53. The van der Waals surface area contributed by atoms with E-state index in [4.69, 9.17) is 22.3 Å². The first kappa shape index (κ1) is 20.7. The molecule has 0 spiro atoms. The Labute approximate surface area is 179 Å². The van der Waals surface area contributed by atoms with Crippen LogP contribution < -0.4 is 11.1 Å². The largest absolute Gasteiger partial charge is 0.597 e. The molecule has 1 aliphatic heterocycles. The number of halogens is 1. The summed E-state index contributed by atoms with van der Waals surface area (Å²) in [6.45, 7) is 7.81. The number of anilines is 3. The average Bonchev–Trinajstić information content (AvgIpc) is 3.31. The van der Waals surface area contributed by atoms with E-state index in [-0.39, 0.29) is 16.5 Å². The van der Waals surface area contributed by atoms with Gasteiger partial charge >= 0.3 is 0 Å². The van der Waals surface area contributed by atoms with Crippen LogP contribution in [0.2, 0.25) is 5.02 Å². The maximum atomic E-state index is 12.7. The van der Waals surface area contributed by atoms with Crippen molar-refractivity contribution in [3.05, 3.63) is 23.1 Å². The number of aromatic nitrogens is 4. The monoisotopic (exact) mass is 437 g/mol. The highest BCUT2D eigenvalue weighted by atomic mass is 35.5. The molecule has 0 radical (unpaired) electrons. The van der Waals surface area contributed by atoms with E-state index >= 15 is 0 Å². The molecule has 2 fully saturated rings. The molecular weight excluding hydrogens is 410 g/mol. The third kappa shape index (κ3) is 4.19. The number of nitrogens with two attached hydrogens (primary N) is 1. The van der Waals surface area contributed by atoms with E-state index < -0.39 is 11.4 Å². The van der Waals surface area contributed by atoms with E-state index in [1.54, 1.807) is 10.9 Å². The van der Waals surface area contributed by atoms with Crippen molar-refractivity contribution in [2.45, 2.75) is 44.3 Å². The highest BCUT2D eigenvalue weighted by Gasteiger charge is 2.48. The number of aryl methyl sites for hydroxylation is 1. The van der Waals surface area contributed by atoms with Gasteiger partial charge in [0.15, 0.2) is 0 Å². The number of nitrogens with one attached hydrogen (secondary N) is 1. The van der Waals surface area contributed by atoms with E-state index in [9.17, 15) is 4.55 Å². The number of hydrogen-bond donors (Lipinski definition) is 2. The third-order valence-electron chi connectivity index (χ3n) is 5.73. The molecule has 29 heavy (non-hydrogen) atoms. The molecule has 0 aromatic carbocycles. The Hall–Kier alpha value is -1.55. The van der Waals surface area contributed by atoms with Crippen molar-refractivity contribution >= 4 is 40.4 Å². The van der Waals surface area contributed by atoms with Gasteiger partial charge in [0.2, 0.25) is 5.95 Å². The van der Waals surface area contributed by atoms with Gasteiger partial charge < -0.3 is 15.6 Å². The standard InChI is InChI=1S/C19H28ClN7OS/c1-19(2,3)29(28)27-8-12-5-11(6-13(12)9-27)16-15(20)17(21)25-18(24-16)23-14-7-22-26(4)10-14/h7,10-13H,5-6,8-9H2,1-4H3,(H3,21,23,24,25). The highest BCUT2D eigenvalue weighted by Crippen LogP contribution is 2.49. The fourth-order valence-electron chi connectivity index (χ4n) is 4.43. The lowest BCUT2D eigenvalue weighted by Crippen LogP contribution is -2.42. The summed E-state index contributed by atoms with van der Waals surface area (Å²) in [6, 6.07) is 0. The van der Waals surface area contributed by atoms with E-state index in [2.05, 4.69) is 19.7 Å². The van der Waals surface area contributed by atoms with E-state index in [0.29, 0.717) is 22.8 Å². The van der Waals surface area contributed by atoms with Crippen LogP contribution in [0.25, 0.3) is 0 Å². The fraction of sp³-hybridized carbons (Fsp3) is 0.632. The first-order chi connectivity index (χ1) is 13.6. The Morgan fingerprint density at radius 2 is 1.90 bits per heavy atom. The second kappa shape index (κ2) is 7.61. The van der Waals surface area contributed by atoms with Gasteiger partial charge in [0.1, 0.15) is 15.6 Å². The van der Waals surface area contributed by atoms with Crippen LogP contribution in [0.4, 0.5) is 17.5 Å². The molecule has 2 aromatic rings. The summed E-state index contributed by atoms with van der Waals surface area (Å²) in [5.41, 5.74) is 7.68. The number of hydrogen-bond acceptors (Lipinski definition) is 7. The van der Waals surface area contributed by atoms with Crippen molar-refractivity contribution in [3.8, 4) is 0 Å². The smallest absolute Gasteiger partial charge is 0.229 e. The van der Waals surface area contributed by atoms with Crippen LogP contribution in [0.1, 0.15) is 45.2 Å². The average molecular weight is 438 g/mol. The zero-order valence-corrected chi connectivity index (χ0v) is 18.8. The van der Waals surface area contributed by atoms with Crippen LogP contribution in [0.3, 0.4) is 0 Å². The summed E-state index contributed by atoms with van der Waals surface area (Å²) < 4.78 is 16.3. The summed E-state index contributed by atoms with van der Waals surface area (Å²) in [6.07, 6.45) is 5.51. The predicted octanol–water partition coefficient (Wildman–Crippen LogP) is 3.08. The Balaban J connectivity index is 1.49. The van der Waals surface area contributed by atoms with E-state index in [1.807, 2.05) is 34.0 Å². The molecule has 2 aliphatic rings. The van der Waals surface area contributed by atoms with Crippen LogP contribution in [0.5, 0.6) is 0 Å². The molecule has 158 valence electrons. The molecule has 1 saturated heterocycles. The van der Waals surface area contributed by atoms with Crippen LogP contribution >= 0.6 is 11.6 Å². The van der Waals surface area contributed by atoms with Gasteiger partial charge in [-0.3, -0.25) is 4.68 Å². The second-order valence-electron chi connectivity index (χ2n) is 9.06. The Morgan fingerprint density at radius 1 is 1.24 bits per heavy atom. The molecule has 0 amide bonds. The maximum absolute atomic E-state index is 12.7. The lowest BCUT2D eigenvalue weighted by molar-refractivity contribution is 0.417. The molecular formula is C19H28ClN7OS. The van der Waals surface area contributed by atoms with Crippen LogP contribution in [0, 0.1) is 11.8 Å². The van der Waals surface area contributed by atoms with Crippen molar-refractivity contribution in [1.82, 2.24) is 24.1 Å². The van der Waals surface area contributed by atoms with Gasteiger partial charge in [0, 0.05) is 43.6 Å². The number of nitrogen functional groups attached to an aromatic ring is 1. The van der Waals surface area contributed by atoms with E-state index in [1.165, 1.54) is 0 Å². The van der Waals surface area contributed by atoms with E-state index in [0.717, 1.165) is 37.3 Å². The zero-order valence-electron chi connectivity index (χ0n) is 17.2. The first-order valence-electron chi connectivity index (χ1n) is 9.87. The molecule has 10 heteroatoms. The first-order valence-corrected chi connectivity index (χ1v) is 11.4. The van der Waals surface area contributed by atoms with Crippen molar-refractivity contribution in [2.75, 3.05) is 24.1 Å². The minimum absolute atomic E-state index is 0.227. The molecule has 2 aromatic heterocycles. The number of rotatable bonds is 4. The van der Waals surface area contributed by atoms with Crippen molar-refractivity contribution in [2.24, 2.45) is 18.9 Å². The maximum Gasteiger partial charge on any atom is 0.229 e. The molecule has 3 N–H and O–H groups in total. The molecule has 3 atom stereocenters. The molecule has 3 heterocycles. The number of fused-ring (bicyclic) bond motifs is 1. The SMILES string of the molecule is Cn1cc(Nc2nc(N)c(Cl)c(C3CC4CN([S+]([O-])C(C)(C)C)CC4C3)n2)cn1. The van der Waals surface area contributed by atoms with Crippen molar-refractivity contribution in [3.63, 3.8) is 0 Å². The van der Waals surface area contributed by atoms with Gasteiger partial charge in [-0.2, -0.15) is 10.1 Å². The number of nitrogens with zero attached hydrogens (tertiary/aromatic N) is 5. The Bertz CT molecular complexity index is 885. The molecule has 8 nitrogen and oxygen atoms in total. The van der Waals surface area contributed by atoms with Crippen molar-refractivity contribution < 1.29 is 4.55 Å². The van der Waals surface area contributed by atoms with Crippen LogP contribution in [0.15, 0.2) is 12.4 Å². The Kier molecular flexibility index (Phi) is 5.43.